The number of amides is 1. The average Bonchev–Trinajstić information content (AvgIpc) is 3.36. The molecule has 1 aliphatic carbocycles. The molecule has 1 amide bonds. The van der Waals surface area contributed by atoms with Gasteiger partial charge in [-0.2, -0.15) is 5.10 Å². The van der Waals surface area contributed by atoms with Crippen LogP contribution in [-0.4, -0.2) is 28.8 Å². The van der Waals surface area contributed by atoms with Crippen LogP contribution in [0.3, 0.4) is 0 Å². The van der Waals surface area contributed by atoms with E-state index in [1.165, 1.54) is 25.7 Å². The number of benzene rings is 1. The quantitative estimate of drug-likeness (QED) is 0.908. The van der Waals surface area contributed by atoms with E-state index in [1.807, 2.05) is 35.0 Å². The van der Waals surface area contributed by atoms with Gasteiger partial charge in [0.1, 0.15) is 5.82 Å². The van der Waals surface area contributed by atoms with Crippen LogP contribution in [0.4, 0.5) is 5.82 Å². The summed E-state index contributed by atoms with van der Waals surface area (Å²) in [4.78, 5) is 12.5. The first-order valence-corrected chi connectivity index (χ1v) is 8.98. The predicted molar refractivity (Wildman–Crippen MR) is 94.4 cm³/mol. The smallest absolute Gasteiger partial charge is 0.229 e. The number of rotatable bonds is 4. The average molecular weight is 324 g/mol. The molecule has 1 saturated carbocycles. The topological polar surface area (TPSA) is 59.0 Å². The van der Waals surface area contributed by atoms with Gasteiger partial charge >= 0.3 is 0 Å². The molecule has 2 N–H and O–H groups in total. The fourth-order valence-corrected chi connectivity index (χ4v) is 3.78. The summed E-state index contributed by atoms with van der Waals surface area (Å²) < 4.78 is 1.88. The van der Waals surface area contributed by atoms with Crippen LogP contribution < -0.4 is 10.6 Å². The number of carbonyl (C=O) groups is 1. The Labute approximate surface area is 142 Å². The van der Waals surface area contributed by atoms with Crippen molar-refractivity contribution in [2.75, 3.05) is 18.4 Å². The number of hydrogen-bond acceptors (Lipinski definition) is 3. The minimum atomic E-state index is 0.0547. The maximum Gasteiger partial charge on any atom is 0.229 e. The Hall–Kier alpha value is -2.14. The largest absolute Gasteiger partial charge is 0.316 e. The lowest BCUT2D eigenvalue weighted by Gasteiger charge is -2.11. The second-order valence-corrected chi connectivity index (χ2v) is 6.86. The molecular weight excluding hydrogens is 300 g/mol. The van der Waals surface area contributed by atoms with Gasteiger partial charge < -0.3 is 10.6 Å². The first-order valence-electron chi connectivity index (χ1n) is 8.98. The van der Waals surface area contributed by atoms with Gasteiger partial charge in [0.2, 0.25) is 5.91 Å². The molecule has 0 radical (unpaired) electrons. The Morgan fingerprint density at radius 3 is 2.67 bits per heavy atom. The Bertz CT molecular complexity index is 697. The van der Waals surface area contributed by atoms with E-state index in [2.05, 4.69) is 16.7 Å². The molecule has 5 heteroatoms. The third kappa shape index (κ3) is 3.08. The number of aromatic nitrogens is 2. The molecule has 2 aliphatic rings. The molecule has 5 nitrogen and oxygen atoms in total. The van der Waals surface area contributed by atoms with Crippen molar-refractivity contribution in [3.05, 3.63) is 42.1 Å². The molecule has 4 rings (SSSR count). The predicted octanol–water partition coefficient (Wildman–Crippen LogP) is 3.08. The number of hydrogen-bond donors (Lipinski definition) is 2. The van der Waals surface area contributed by atoms with Gasteiger partial charge in [-0.1, -0.05) is 31.0 Å². The maximum absolute atomic E-state index is 12.5. The van der Waals surface area contributed by atoms with Gasteiger partial charge in [-0.05, 0) is 37.9 Å². The summed E-state index contributed by atoms with van der Waals surface area (Å²) in [6.07, 6.45) is 5.86. The third-order valence-electron chi connectivity index (χ3n) is 5.18. The number of para-hydroxylation sites is 1. The van der Waals surface area contributed by atoms with Gasteiger partial charge in [-0.25, -0.2) is 4.68 Å². The van der Waals surface area contributed by atoms with Crippen LogP contribution in [0.5, 0.6) is 0 Å². The van der Waals surface area contributed by atoms with E-state index >= 15 is 0 Å². The molecule has 1 aromatic heterocycles. The van der Waals surface area contributed by atoms with Crippen molar-refractivity contribution in [1.29, 1.82) is 0 Å². The highest BCUT2D eigenvalue weighted by Gasteiger charge is 2.26. The van der Waals surface area contributed by atoms with E-state index in [0.29, 0.717) is 5.92 Å². The molecule has 2 fully saturated rings. The number of nitrogens with one attached hydrogen (secondary N) is 2. The van der Waals surface area contributed by atoms with Crippen LogP contribution in [0.1, 0.15) is 43.7 Å². The highest BCUT2D eigenvalue weighted by Crippen LogP contribution is 2.35. The highest BCUT2D eigenvalue weighted by molar-refractivity contribution is 5.92. The van der Waals surface area contributed by atoms with Gasteiger partial charge in [-0.3, -0.25) is 4.79 Å². The molecule has 1 saturated heterocycles. The van der Waals surface area contributed by atoms with Gasteiger partial charge in [0.25, 0.3) is 0 Å². The minimum absolute atomic E-state index is 0.0547. The zero-order valence-corrected chi connectivity index (χ0v) is 13.9. The zero-order valence-electron chi connectivity index (χ0n) is 13.9. The van der Waals surface area contributed by atoms with Crippen LogP contribution in [0.2, 0.25) is 0 Å². The van der Waals surface area contributed by atoms with Crippen molar-refractivity contribution >= 4 is 11.7 Å². The summed E-state index contributed by atoms with van der Waals surface area (Å²) in [5, 5.41) is 11.2. The standard InChI is InChI=1S/C19H24N4O/c24-19(15-10-11-20-13-15)21-18-12-17(14-6-4-5-7-14)22-23(18)16-8-2-1-3-9-16/h1-3,8-9,12,14-15,20H,4-7,10-11,13H2,(H,21,24). The van der Waals surface area contributed by atoms with E-state index < -0.39 is 0 Å². The molecule has 0 spiro atoms. The van der Waals surface area contributed by atoms with Crippen molar-refractivity contribution < 1.29 is 4.79 Å². The number of anilines is 1. The van der Waals surface area contributed by atoms with Crippen molar-refractivity contribution in [2.24, 2.45) is 5.92 Å². The normalized spacial score (nSPS) is 21.2. The number of carbonyl (C=O) groups excluding carboxylic acids is 1. The second-order valence-electron chi connectivity index (χ2n) is 6.86. The second kappa shape index (κ2) is 6.77. The van der Waals surface area contributed by atoms with Crippen LogP contribution in [-0.2, 0) is 4.79 Å². The summed E-state index contributed by atoms with van der Waals surface area (Å²) in [6, 6.07) is 12.1. The minimum Gasteiger partial charge on any atom is -0.316 e. The molecule has 1 atom stereocenters. The first kappa shape index (κ1) is 15.4. The van der Waals surface area contributed by atoms with Crippen LogP contribution >= 0.6 is 0 Å². The van der Waals surface area contributed by atoms with Gasteiger partial charge in [0.05, 0.1) is 17.3 Å². The zero-order chi connectivity index (χ0) is 16.4. The molecular formula is C19H24N4O. The summed E-state index contributed by atoms with van der Waals surface area (Å²) in [5.74, 6) is 1.47. The SMILES string of the molecule is O=C(Nc1cc(C2CCCC2)nn1-c1ccccc1)C1CCNC1. The molecule has 126 valence electrons. The van der Waals surface area contributed by atoms with Crippen molar-refractivity contribution in [3.63, 3.8) is 0 Å². The fraction of sp³-hybridized carbons (Fsp3) is 0.474. The van der Waals surface area contributed by atoms with Crippen LogP contribution in [0.25, 0.3) is 5.69 Å². The van der Waals surface area contributed by atoms with E-state index in [0.717, 1.165) is 36.7 Å². The maximum atomic E-state index is 12.5. The summed E-state index contributed by atoms with van der Waals surface area (Å²) >= 11 is 0. The summed E-state index contributed by atoms with van der Waals surface area (Å²) in [6.45, 7) is 1.68. The van der Waals surface area contributed by atoms with Crippen molar-refractivity contribution in [3.8, 4) is 5.69 Å². The Kier molecular flexibility index (Phi) is 4.34. The summed E-state index contributed by atoms with van der Waals surface area (Å²) in [5.41, 5.74) is 2.10. The van der Waals surface area contributed by atoms with Crippen molar-refractivity contribution in [2.45, 2.75) is 38.0 Å². The lowest BCUT2D eigenvalue weighted by atomic mass is 10.0. The molecule has 1 aliphatic heterocycles. The molecule has 2 heterocycles. The first-order chi connectivity index (χ1) is 11.8. The Morgan fingerprint density at radius 2 is 1.96 bits per heavy atom. The van der Waals surface area contributed by atoms with E-state index in [4.69, 9.17) is 5.10 Å². The van der Waals surface area contributed by atoms with Crippen LogP contribution in [0.15, 0.2) is 36.4 Å². The number of nitrogens with zero attached hydrogens (tertiary/aromatic N) is 2. The molecule has 0 bridgehead atoms. The fourth-order valence-electron chi connectivity index (χ4n) is 3.78. The van der Waals surface area contributed by atoms with Crippen LogP contribution in [0, 0.1) is 5.92 Å². The molecule has 1 unspecified atom stereocenters. The van der Waals surface area contributed by atoms with E-state index in [-0.39, 0.29) is 11.8 Å². The third-order valence-corrected chi connectivity index (χ3v) is 5.18. The van der Waals surface area contributed by atoms with Crippen molar-refractivity contribution in [1.82, 2.24) is 15.1 Å². The lowest BCUT2D eigenvalue weighted by molar-refractivity contribution is -0.119. The van der Waals surface area contributed by atoms with Gasteiger partial charge in [0.15, 0.2) is 0 Å². The Balaban J connectivity index is 1.63. The van der Waals surface area contributed by atoms with E-state index in [9.17, 15) is 4.79 Å². The Morgan fingerprint density at radius 1 is 1.17 bits per heavy atom. The highest BCUT2D eigenvalue weighted by atomic mass is 16.2. The molecule has 1 aromatic carbocycles. The van der Waals surface area contributed by atoms with Gasteiger partial charge in [-0.15, -0.1) is 0 Å². The monoisotopic (exact) mass is 324 g/mol. The molecule has 24 heavy (non-hydrogen) atoms. The lowest BCUT2D eigenvalue weighted by Crippen LogP contribution is -2.25. The summed E-state index contributed by atoms with van der Waals surface area (Å²) in [7, 11) is 0. The molecule has 2 aromatic rings. The van der Waals surface area contributed by atoms with Gasteiger partial charge in [0, 0.05) is 18.5 Å². The van der Waals surface area contributed by atoms with E-state index in [1.54, 1.807) is 0 Å².